The molecular formula is C27H26Cl5N3O4S. The quantitative estimate of drug-likeness (QED) is 0.237. The summed E-state index contributed by atoms with van der Waals surface area (Å²) < 4.78 is 26.6. The van der Waals surface area contributed by atoms with Crippen molar-refractivity contribution in [2.24, 2.45) is 0 Å². The van der Waals surface area contributed by atoms with Gasteiger partial charge < -0.3 is 10.2 Å². The highest BCUT2D eigenvalue weighted by atomic mass is 35.5. The highest BCUT2D eigenvalue weighted by Crippen LogP contribution is 2.36. The number of rotatable bonds is 11. The summed E-state index contributed by atoms with van der Waals surface area (Å²) in [6.45, 7) is 1.31. The Morgan fingerprint density at radius 3 is 2.12 bits per heavy atom. The zero-order chi connectivity index (χ0) is 29.6. The molecule has 1 atom stereocenters. The van der Waals surface area contributed by atoms with Crippen molar-refractivity contribution in [1.29, 1.82) is 0 Å². The lowest BCUT2D eigenvalue weighted by Crippen LogP contribution is -2.53. The number of nitrogens with zero attached hydrogens (tertiary/aromatic N) is 2. The van der Waals surface area contributed by atoms with Gasteiger partial charge in [0, 0.05) is 29.6 Å². The average Bonchev–Trinajstić information content (AvgIpc) is 2.88. The lowest BCUT2D eigenvalue weighted by molar-refractivity contribution is -0.140. The molecule has 0 bridgehead atoms. The standard InChI is InChI=1S/C27H26Cl5N3O4S/c1-3-33-27(37)25(11-17-7-5-4-6-8-17)34(15-18-9-10-19(28)12-20(18)29)26(36)16-35(40(2,38)39)24-14-22(31)21(30)13-23(24)32/h4-10,12-14,25H,3,11,15-16H2,1-2H3,(H,33,37)/t25-/m1/s1. The predicted molar refractivity (Wildman–Crippen MR) is 163 cm³/mol. The maximum absolute atomic E-state index is 14.0. The topological polar surface area (TPSA) is 86.8 Å². The van der Waals surface area contributed by atoms with E-state index in [2.05, 4.69) is 5.32 Å². The van der Waals surface area contributed by atoms with Crippen LogP contribution in [0.5, 0.6) is 0 Å². The van der Waals surface area contributed by atoms with Crippen molar-refractivity contribution in [3.63, 3.8) is 0 Å². The van der Waals surface area contributed by atoms with Crippen LogP contribution in [-0.2, 0) is 32.6 Å². The molecule has 40 heavy (non-hydrogen) atoms. The molecule has 3 rings (SSSR count). The van der Waals surface area contributed by atoms with Gasteiger partial charge in [-0.05, 0) is 42.3 Å². The fourth-order valence-corrected chi connectivity index (χ4v) is 5.99. The number of halogens is 5. The third-order valence-corrected chi connectivity index (χ3v) is 8.65. The lowest BCUT2D eigenvalue weighted by atomic mass is 10.0. The van der Waals surface area contributed by atoms with Crippen molar-refractivity contribution >= 4 is 85.5 Å². The molecule has 0 heterocycles. The maximum atomic E-state index is 14.0. The largest absolute Gasteiger partial charge is 0.355 e. The van der Waals surface area contributed by atoms with Crippen molar-refractivity contribution in [3.8, 4) is 0 Å². The van der Waals surface area contributed by atoms with Crippen molar-refractivity contribution < 1.29 is 18.0 Å². The first-order valence-corrected chi connectivity index (χ1v) is 15.7. The second kappa shape index (κ2) is 14.1. The molecule has 0 saturated heterocycles. The van der Waals surface area contributed by atoms with Crippen LogP contribution in [0.3, 0.4) is 0 Å². The van der Waals surface area contributed by atoms with E-state index in [1.54, 1.807) is 19.1 Å². The van der Waals surface area contributed by atoms with Crippen LogP contribution in [0.1, 0.15) is 18.1 Å². The number of sulfonamides is 1. The fourth-order valence-electron chi connectivity index (χ4n) is 3.98. The van der Waals surface area contributed by atoms with Crippen LogP contribution in [0, 0.1) is 0 Å². The Hall–Kier alpha value is -2.20. The summed E-state index contributed by atoms with van der Waals surface area (Å²) in [7, 11) is -4.04. The number of likely N-dealkylation sites (N-methyl/N-ethyl adjacent to an activating group) is 1. The number of carbonyl (C=O) groups excluding carboxylic acids is 2. The van der Waals surface area contributed by atoms with Gasteiger partial charge in [0.05, 0.1) is 27.0 Å². The van der Waals surface area contributed by atoms with Gasteiger partial charge in [-0.2, -0.15) is 0 Å². The van der Waals surface area contributed by atoms with E-state index in [1.807, 2.05) is 30.3 Å². The SMILES string of the molecule is CCNC(=O)[C@@H](Cc1ccccc1)N(Cc1ccc(Cl)cc1Cl)C(=O)CN(c1cc(Cl)c(Cl)cc1Cl)S(C)(=O)=O. The molecule has 0 spiro atoms. The summed E-state index contributed by atoms with van der Waals surface area (Å²) in [6, 6.07) is 15.5. The van der Waals surface area contributed by atoms with Gasteiger partial charge in [-0.3, -0.25) is 13.9 Å². The first-order valence-electron chi connectivity index (χ1n) is 12.0. The van der Waals surface area contributed by atoms with Crippen LogP contribution in [0.25, 0.3) is 0 Å². The van der Waals surface area contributed by atoms with E-state index in [0.717, 1.165) is 16.1 Å². The summed E-state index contributed by atoms with van der Waals surface area (Å²) in [5.74, 6) is -1.09. The Kier molecular flexibility index (Phi) is 11.4. The minimum atomic E-state index is -4.04. The molecule has 214 valence electrons. The number of carbonyl (C=O) groups is 2. The van der Waals surface area contributed by atoms with Gasteiger partial charge in [0.1, 0.15) is 12.6 Å². The van der Waals surface area contributed by atoms with E-state index < -0.39 is 34.4 Å². The molecule has 13 heteroatoms. The van der Waals surface area contributed by atoms with Gasteiger partial charge in [0.25, 0.3) is 0 Å². The summed E-state index contributed by atoms with van der Waals surface area (Å²) in [5, 5.41) is 3.61. The highest BCUT2D eigenvalue weighted by Gasteiger charge is 2.34. The number of amides is 2. The molecule has 0 saturated carbocycles. The van der Waals surface area contributed by atoms with Gasteiger partial charge in [-0.1, -0.05) is 94.4 Å². The molecule has 0 aliphatic rings. The van der Waals surface area contributed by atoms with Gasteiger partial charge >= 0.3 is 0 Å². The number of hydrogen-bond acceptors (Lipinski definition) is 4. The Morgan fingerprint density at radius 2 is 1.52 bits per heavy atom. The van der Waals surface area contributed by atoms with Crippen LogP contribution < -0.4 is 9.62 Å². The molecular weight excluding hydrogens is 640 g/mol. The Balaban J connectivity index is 2.11. The highest BCUT2D eigenvalue weighted by molar-refractivity contribution is 7.92. The summed E-state index contributed by atoms with van der Waals surface area (Å²) in [5.41, 5.74) is 1.28. The van der Waals surface area contributed by atoms with Crippen molar-refractivity contribution in [1.82, 2.24) is 10.2 Å². The Bertz CT molecular complexity index is 1490. The van der Waals surface area contributed by atoms with Gasteiger partial charge in [0.2, 0.25) is 21.8 Å². The van der Waals surface area contributed by atoms with E-state index in [9.17, 15) is 18.0 Å². The summed E-state index contributed by atoms with van der Waals surface area (Å²) >= 11 is 31.0. The number of nitrogens with one attached hydrogen (secondary N) is 1. The van der Waals surface area contributed by atoms with Crippen LogP contribution in [0.4, 0.5) is 5.69 Å². The van der Waals surface area contributed by atoms with Crippen LogP contribution in [0.15, 0.2) is 60.7 Å². The lowest BCUT2D eigenvalue weighted by Gasteiger charge is -2.33. The fraction of sp³-hybridized carbons (Fsp3) is 0.259. The smallest absolute Gasteiger partial charge is 0.244 e. The molecule has 7 nitrogen and oxygen atoms in total. The minimum absolute atomic E-state index is 0.0236. The third kappa shape index (κ3) is 8.41. The van der Waals surface area contributed by atoms with E-state index in [4.69, 9.17) is 58.0 Å². The first-order chi connectivity index (χ1) is 18.8. The maximum Gasteiger partial charge on any atom is 0.244 e. The Labute approximate surface area is 258 Å². The molecule has 3 aromatic carbocycles. The van der Waals surface area contributed by atoms with Gasteiger partial charge in [-0.25, -0.2) is 8.42 Å². The molecule has 0 aromatic heterocycles. The van der Waals surface area contributed by atoms with Crippen LogP contribution in [-0.4, -0.2) is 50.5 Å². The van der Waals surface area contributed by atoms with Crippen molar-refractivity contribution in [2.45, 2.75) is 25.9 Å². The molecule has 0 unspecified atom stereocenters. The van der Waals surface area contributed by atoms with E-state index in [0.29, 0.717) is 17.1 Å². The van der Waals surface area contributed by atoms with Crippen molar-refractivity contribution in [2.75, 3.05) is 23.7 Å². The normalized spacial score (nSPS) is 12.1. The predicted octanol–water partition coefficient (Wildman–Crippen LogP) is 6.50. The summed E-state index contributed by atoms with van der Waals surface area (Å²) in [4.78, 5) is 28.7. The molecule has 0 aliphatic heterocycles. The monoisotopic (exact) mass is 663 g/mol. The zero-order valence-corrected chi connectivity index (χ0v) is 26.1. The number of hydrogen-bond donors (Lipinski definition) is 1. The first kappa shape index (κ1) is 32.3. The van der Waals surface area contributed by atoms with E-state index >= 15 is 0 Å². The molecule has 2 amide bonds. The Morgan fingerprint density at radius 1 is 0.875 bits per heavy atom. The molecule has 1 N–H and O–H groups in total. The van der Waals surface area contributed by atoms with E-state index in [1.165, 1.54) is 23.1 Å². The summed E-state index contributed by atoms with van der Waals surface area (Å²) in [6.07, 6.45) is 1.10. The number of benzene rings is 3. The van der Waals surface area contributed by atoms with Crippen LogP contribution >= 0.6 is 58.0 Å². The molecule has 0 aliphatic carbocycles. The van der Waals surface area contributed by atoms with Crippen molar-refractivity contribution in [3.05, 3.63) is 96.9 Å². The van der Waals surface area contributed by atoms with Crippen LogP contribution in [0.2, 0.25) is 25.1 Å². The molecule has 3 aromatic rings. The second-order valence-electron chi connectivity index (χ2n) is 8.84. The second-order valence-corrected chi connectivity index (χ2v) is 12.8. The zero-order valence-electron chi connectivity index (χ0n) is 21.5. The number of anilines is 1. The molecule has 0 radical (unpaired) electrons. The third-order valence-electron chi connectivity index (χ3n) is 5.92. The molecule has 0 fully saturated rings. The minimum Gasteiger partial charge on any atom is -0.355 e. The van der Waals surface area contributed by atoms with E-state index in [-0.39, 0.29) is 38.7 Å². The van der Waals surface area contributed by atoms with Gasteiger partial charge in [-0.15, -0.1) is 0 Å². The van der Waals surface area contributed by atoms with Gasteiger partial charge in [0.15, 0.2) is 0 Å². The average molecular weight is 666 g/mol.